The molecule has 1 N–H and O–H groups in total. The Morgan fingerprint density at radius 3 is 2.37 bits per heavy atom. The highest BCUT2D eigenvalue weighted by Gasteiger charge is 2.44. The minimum atomic E-state index is -0.534. The molecule has 2 aliphatic rings. The van der Waals surface area contributed by atoms with Crippen molar-refractivity contribution in [3.63, 3.8) is 0 Å². The molecule has 3 heterocycles. The zero-order chi connectivity index (χ0) is 34.9. The van der Waals surface area contributed by atoms with Crippen LogP contribution in [0.1, 0.15) is 73.6 Å². The number of aryl methyl sites for hydroxylation is 2. The fourth-order valence-corrected chi connectivity index (χ4v) is 6.81. The second-order valence-electron chi connectivity index (χ2n) is 14.1. The van der Waals surface area contributed by atoms with Gasteiger partial charge in [0, 0.05) is 48.7 Å². The third-order valence-corrected chi connectivity index (χ3v) is 9.30. The summed E-state index contributed by atoms with van der Waals surface area (Å²) in [6.45, 7) is 11.4. The van der Waals surface area contributed by atoms with Crippen LogP contribution in [0.4, 0.5) is 10.5 Å². The van der Waals surface area contributed by atoms with Gasteiger partial charge in [-0.15, -0.1) is 0 Å². The molecule has 0 radical (unpaired) electrons. The number of aromatic nitrogens is 2. The van der Waals surface area contributed by atoms with Crippen LogP contribution in [-0.2, 0) is 18.4 Å². The van der Waals surface area contributed by atoms with Crippen molar-refractivity contribution in [2.24, 2.45) is 7.05 Å². The maximum Gasteiger partial charge on any atom is 0.410 e. The van der Waals surface area contributed by atoms with E-state index >= 15 is 0 Å². The molecule has 10 nitrogen and oxygen atoms in total. The molecule has 0 saturated carbocycles. The van der Waals surface area contributed by atoms with E-state index in [9.17, 15) is 9.59 Å². The quantitative estimate of drug-likeness (QED) is 0.204. The van der Waals surface area contributed by atoms with E-state index in [0.29, 0.717) is 36.8 Å². The van der Waals surface area contributed by atoms with Crippen LogP contribution in [0.3, 0.4) is 0 Å². The number of benzene rings is 3. The Kier molecular flexibility index (Phi) is 9.59. The van der Waals surface area contributed by atoms with Crippen molar-refractivity contribution in [2.75, 3.05) is 25.1 Å². The van der Waals surface area contributed by atoms with Gasteiger partial charge in [-0.1, -0.05) is 36.4 Å². The van der Waals surface area contributed by atoms with Crippen LogP contribution < -0.4 is 19.7 Å². The van der Waals surface area contributed by atoms with Gasteiger partial charge in [0.2, 0.25) is 0 Å². The number of hydrogen-bond acceptors (Lipinski definition) is 7. The van der Waals surface area contributed by atoms with Crippen molar-refractivity contribution in [3.8, 4) is 22.6 Å². The molecule has 0 spiro atoms. The molecule has 2 amide bonds. The molecule has 6 rings (SSSR count). The number of methoxy groups -OCH3 is 1. The number of rotatable bonds is 9. The molecule has 2 bridgehead atoms. The lowest BCUT2D eigenvalue weighted by Gasteiger charge is -2.42. The van der Waals surface area contributed by atoms with Crippen LogP contribution >= 0.6 is 0 Å². The van der Waals surface area contributed by atoms with Gasteiger partial charge in [0.05, 0.1) is 31.4 Å². The smallest absolute Gasteiger partial charge is 0.410 e. The number of piperazine rings is 1. The van der Waals surface area contributed by atoms with Gasteiger partial charge < -0.3 is 24.4 Å². The van der Waals surface area contributed by atoms with Crippen LogP contribution in [0, 0.1) is 6.92 Å². The van der Waals surface area contributed by atoms with Gasteiger partial charge in [-0.2, -0.15) is 5.10 Å². The molecule has 2 aliphatic heterocycles. The molecule has 0 unspecified atom stereocenters. The van der Waals surface area contributed by atoms with E-state index in [1.165, 1.54) is 0 Å². The minimum absolute atomic E-state index is 0.0795. The number of fused-ring (bicyclic) bond motifs is 2. The Morgan fingerprint density at radius 1 is 1.02 bits per heavy atom. The molecule has 3 atom stereocenters. The van der Waals surface area contributed by atoms with Crippen LogP contribution in [-0.4, -0.2) is 64.6 Å². The van der Waals surface area contributed by atoms with Gasteiger partial charge in [-0.25, -0.2) is 4.79 Å². The van der Waals surface area contributed by atoms with Crippen molar-refractivity contribution in [1.29, 1.82) is 0 Å². The van der Waals surface area contributed by atoms with Crippen LogP contribution in [0.15, 0.2) is 73.1 Å². The maximum absolute atomic E-state index is 13.9. The molecular weight excluding hydrogens is 618 g/mol. The second kappa shape index (κ2) is 13.9. The number of ether oxygens (including phenoxy) is 3. The van der Waals surface area contributed by atoms with E-state index in [2.05, 4.69) is 21.4 Å². The lowest BCUT2D eigenvalue weighted by molar-refractivity contribution is 0.0123. The predicted molar refractivity (Wildman–Crippen MR) is 190 cm³/mol. The van der Waals surface area contributed by atoms with E-state index in [-0.39, 0.29) is 30.1 Å². The third-order valence-electron chi connectivity index (χ3n) is 9.30. The molecular formula is C39H47N5O5. The fourth-order valence-electron chi connectivity index (χ4n) is 6.81. The number of nitrogens with zero attached hydrogens (tertiary/aromatic N) is 4. The monoisotopic (exact) mass is 665 g/mol. The summed E-state index contributed by atoms with van der Waals surface area (Å²) in [4.78, 5) is 31.1. The summed E-state index contributed by atoms with van der Waals surface area (Å²) >= 11 is 0. The summed E-state index contributed by atoms with van der Waals surface area (Å²) in [5.74, 6) is 1.03. The highest BCUT2D eigenvalue weighted by molar-refractivity contribution is 5.97. The van der Waals surface area contributed by atoms with Gasteiger partial charge in [0.15, 0.2) is 11.5 Å². The zero-order valence-corrected chi connectivity index (χ0v) is 29.5. The minimum Gasteiger partial charge on any atom is -0.493 e. The van der Waals surface area contributed by atoms with Crippen LogP contribution in [0.25, 0.3) is 11.1 Å². The summed E-state index contributed by atoms with van der Waals surface area (Å²) in [5, 5.41) is 7.61. The van der Waals surface area contributed by atoms with E-state index in [0.717, 1.165) is 46.3 Å². The lowest BCUT2D eigenvalue weighted by Crippen LogP contribution is -2.56. The zero-order valence-electron chi connectivity index (χ0n) is 29.5. The maximum atomic E-state index is 13.9. The number of nitrogens with one attached hydrogen (secondary N) is 1. The number of carbonyl (C=O) groups excluding carboxylic acids is 2. The van der Waals surface area contributed by atoms with Gasteiger partial charge in [-0.05, 0) is 88.4 Å². The summed E-state index contributed by atoms with van der Waals surface area (Å²) in [5.41, 5.74) is 5.58. The largest absolute Gasteiger partial charge is 0.493 e. The van der Waals surface area contributed by atoms with E-state index in [4.69, 9.17) is 14.2 Å². The average Bonchev–Trinajstić information content (AvgIpc) is 3.62. The normalized spacial score (nSPS) is 17.9. The molecule has 2 saturated heterocycles. The molecule has 10 heteroatoms. The van der Waals surface area contributed by atoms with Gasteiger partial charge in [0.1, 0.15) is 12.2 Å². The predicted octanol–water partition coefficient (Wildman–Crippen LogP) is 7.06. The Morgan fingerprint density at radius 2 is 1.73 bits per heavy atom. The highest BCUT2D eigenvalue weighted by atomic mass is 16.6. The van der Waals surface area contributed by atoms with E-state index in [1.807, 2.05) is 107 Å². The first-order chi connectivity index (χ1) is 23.4. The molecule has 49 heavy (non-hydrogen) atoms. The lowest BCUT2D eigenvalue weighted by atomic mass is 9.99. The number of carbonyl (C=O) groups is 2. The SMILES string of the molecule is COc1cc([C@@H](C)NC(=O)c2cc(N3C[C@H]4CC[C@@H](C3)N4C(=O)OC(C)(C)C)ccc2C)cc(-c2cnn(C)c2)c1OCc1ccccc1. The number of amides is 2. The molecule has 0 aliphatic carbocycles. The van der Waals surface area contributed by atoms with Crippen molar-refractivity contribution in [3.05, 3.63) is 95.3 Å². The molecule has 3 aromatic carbocycles. The average molecular weight is 666 g/mol. The molecule has 1 aromatic heterocycles. The van der Waals surface area contributed by atoms with Crippen molar-refractivity contribution < 1.29 is 23.8 Å². The van der Waals surface area contributed by atoms with Gasteiger partial charge >= 0.3 is 6.09 Å². The van der Waals surface area contributed by atoms with Crippen molar-refractivity contribution in [1.82, 2.24) is 20.0 Å². The third kappa shape index (κ3) is 7.53. The standard InChI is InChI=1S/C39H47N5O5/c1-25-13-14-30(43-22-31-15-16-32(23-43)44(31)38(46)49-39(3,4)5)19-33(25)37(45)41-26(2)28-17-34(29-20-40-42(6)21-29)36(35(18-28)47-7)48-24-27-11-9-8-10-12-27/h8-14,17-21,26,31-32H,15-16,22-24H2,1-7H3,(H,41,45)/t26-,31-,32+/m1/s1. The van der Waals surface area contributed by atoms with E-state index < -0.39 is 5.60 Å². The summed E-state index contributed by atoms with van der Waals surface area (Å²) in [6.07, 6.45) is 5.38. The highest BCUT2D eigenvalue weighted by Crippen LogP contribution is 2.41. The Hall–Kier alpha value is -4.99. The van der Waals surface area contributed by atoms with Crippen LogP contribution in [0.2, 0.25) is 0 Å². The Labute approximate surface area is 289 Å². The van der Waals surface area contributed by atoms with Crippen molar-refractivity contribution in [2.45, 2.75) is 77.8 Å². The first-order valence-corrected chi connectivity index (χ1v) is 17.0. The number of anilines is 1. The topological polar surface area (TPSA) is 98.2 Å². The summed E-state index contributed by atoms with van der Waals surface area (Å²) < 4.78 is 19.7. The number of hydrogen-bond donors (Lipinski definition) is 1. The second-order valence-corrected chi connectivity index (χ2v) is 14.1. The van der Waals surface area contributed by atoms with Gasteiger partial charge in [0.25, 0.3) is 5.91 Å². The van der Waals surface area contributed by atoms with E-state index in [1.54, 1.807) is 18.0 Å². The fraction of sp³-hybridized carbons (Fsp3) is 0.410. The summed E-state index contributed by atoms with van der Waals surface area (Å²) in [6, 6.07) is 19.8. The summed E-state index contributed by atoms with van der Waals surface area (Å²) in [7, 11) is 3.50. The molecule has 2 fully saturated rings. The molecule has 4 aromatic rings. The van der Waals surface area contributed by atoms with Gasteiger partial charge in [-0.3, -0.25) is 14.4 Å². The van der Waals surface area contributed by atoms with Crippen molar-refractivity contribution >= 4 is 17.7 Å². The Bertz CT molecular complexity index is 1800. The first kappa shape index (κ1) is 33.9. The molecule has 258 valence electrons. The van der Waals surface area contributed by atoms with Crippen LogP contribution in [0.5, 0.6) is 11.5 Å². The first-order valence-electron chi connectivity index (χ1n) is 17.0. The Balaban J connectivity index is 1.21.